The third kappa shape index (κ3) is 3.59. The molecule has 0 aromatic heterocycles. The lowest BCUT2D eigenvalue weighted by Crippen LogP contribution is -2.56. The first-order valence-corrected chi connectivity index (χ1v) is 9.40. The summed E-state index contributed by atoms with van der Waals surface area (Å²) in [5.74, 6) is 0.248. The van der Waals surface area contributed by atoms with Crippen LogP contribution >= 0.6 is 0 Å². The van der Waals surface area contributed by atoms with Crippen LogP contribution in [-0.2, 0) is 4.79 Å². The molecule has 138 valence electrons. The largest absolute Gasteiger partial charge is 0.395 e. The minimum Gasteiger partial charge on any atom is -0.395 e. The van der Waals surface area contributed by atoms with E-state index in [9.17, 15) is 9.90 Å². The van der Waals surface area contributed by atoms with Crippen LogP contribution in [0.15, 0.2) is 12.1 Å². The van der Waals surface area contributed by atoms with Crippen molar-refractivity contribution >= 4 is 11.6 Å². The van der Waals surface area contributed by atoms with Crippen molar-refractivity contribution < 1.29 is 9.90 Å². The van der Waals surface area contributed by atoms with Gasteiger partial charge in [0.25, 0.3) is 0 Å². The Bertz CT molecular complexity index is 623. The molecule has 2 fully saturated rings. The number of rotatable bonds is 4. The van der Waals surface area contributed by atoms with Crippen molar-refractivity contribution in [3.8, 4) is 0 Å². The second kappa shape index (κ2) is 7.44. The monoisotopic (exact) mass is 345 g/mol. The van der Waals surface area contributed by atoms with Gasteiger partial charge in [0.15, 0.2) is 0 Å². The van der Waals surface area contributed by atoms with Gasteiger partial charge >= 0.3 is 0 Å². The van der Waals surface area contributed by atoms with E-state index in [1.165, 1.54) is 16.7 Å². The number of amides is 1. The first-order valence-electron chi connectivity index (χ1n) is 9.40. The molecule has 1 aromatic carbocycles. The standard InChI is InChI=1S/C20H31N3O2/c1-14-11-15(2)19(16(3)12-14)23-6-5-18(20(23)25)22-8-7-21(9-10-24)17(4)13-22/h11-12,17-18,24H,5-10,13H2,1-4H3/t17-,18-/m1/s1. The summed E-state index contributed by atoms with van der Waals surface area (Å²) in [6.45, 7) is 13.0. The molecule has 25 heavy (non-hydrogen) atoms. The van der Waals surface area contributed by atoms with Gasteiger partial charge in [-0.2, -0.15) is 0 Å². The Morgan fingerprint density at radius 3 is 2.40 bits per heavy atom. The fraction of sp³-hybridized carbons (Fsp3) is 0.650. The maximum Gasteiger partial charge on any atom is 0.244 e. The molecule has 1 aromatic rings. The molecule has 5 heteroatoms. The third-order valence-corrected chi connectivity index (χ3v) is 5.71. The summed E-state index contributed by atoms with van der Waals surface area (Å²) in [6.07, 6.45) is 0.901. The zero-order valence-corrected chi connectivity index (χ0v) is 16.0. The Balaban J connectivity index is 1.73. The van der Waals surface area contributed by atoms with Gasteiger partial charge in [0.05, 0.1) is 12.6 Å². The van der Waals surface area contributed by atoms with Crippen LogP contribution in [0.5, 0.6) is 0 Å². The van der Waals surface area contributed by atoms with Gasteiger partial charge in [0.2, 0.25) is 5.91 Å². The van der Waals surface area contributed by atoms with E-state index >= 15 is 0 Å². The fourth-order valence-corrected chi connectivity index (χ4v) is 4.59. The predicted molar refractivity (Wildman–Crippen MR) is 101 cm³/mol. The van der Waals surface area contributed by atoms with Gasteiger partial charge in [-0.15, -0.1) is 0 Å². The third-order valence-electron chi connectivity index (χ3n) is 5.71. The summed E-state index contributed by atoms with van der Waals surface area (Å²) in [7, 11) is 0. The average Bonchev–Trinajstić information content (AvgIpc) is 2.90. The molecule has 5 nitrogen and oxygen atoms in total. The van der Waals surface area contributed by atoms with Crippen LogP contribution in [0, 0.1) is 20.8 Å². The lowest BCUT2D eigenvalue weighted by atomic mass is 10.0. The molecule has 1 amide bonds. The van der Waals surface area contributed by atoms with E-state index in [4.69, 9.17) is 0 Å². The molecule has 2 saturated heterocycles. The number of carbonyl (C=O) groups is 1. The lowest BCUT2D eigenvalue weighted by molar-refractivity contribution is -0.122. The fourth-order valence-electron chi connectivity index (χ4n) is 4.59. The Kier molecular flexibility index (Phi) is 5.46. The number of hydrogen-bond acceptors (Lipinski definition) is 4. The molecule has 0 bridgehead atoms. The van der Waals surface area contributed by atoms with Crippen LogP contribution in [0.4, 0.5) is 5.69 Å². The number of aryl methyl sites for hydroxylation is 3. The summed E-state index contributed by atoms with van der Waals surface area (Å²) in [4.78, 5) is 19.8. The number of anilines is 1. The topological polar surface area (TPSA) is 47.0 Å². The molecule has 0 radical (unpaired) electrons. The van der Waals surface area contributed by atoms with Crippen molar-refractivity contribution in [3.05, 3.63) is 28.8 Å². The Morgan fingerprint density at radius 1 is 1.12 bits per heavy atom. The van der Waals surface area contributed by atoms with Crippen LogP contribution in [0.3, 0.4) is 0 Å². The van der Waals surface area contributed by atoms with Crippen LogP contribution in [0.1, 0.15) is 30.0 Å². The Labute approximate surface area is 151 Å². The lowest BCUT2D eigenvalue weighted by Gasteiger charge is -2.41. The summed E-state index contributed by atoms with van der Waals surface area (Å²) in [5, 5.41) is 9.17. The molecule has 2 atom stereocenters. The summed E-state index contributed by atoms with van der Waals surface area (Å²) in [5.41, 5.74) is 4.72. The molecule has 1 N–H and O–H groups in total. The van der Waals surface area contributed by atoms with Crippen molar-refractivity contribution in [2.45, 2.75) is 46.2 Å². The minimum atomic E-state index is -0.00108. The second-order valence-electron chi connectivity index (χ2n) is 7.65. The van der Waals surface area contributed by atoms with E-state index in [1.807, 2.05) is 4.90 Å². The van der Waals surface area contributed by atoms with Crippen LogP contribution < -0.4 is 4.90 Å². The van der Waals surface area contributed by atoms with Crippen molar-refractivity contribution in [1.82, 2.24) is 9.80 Å². The molecule has 2 aliphatic rings. The highest BCUT2D eigenvalue weighted by Crippen LogP contribution is 2.31. The van der Waals surface area contributed by atoms with Gasteiger partial charge in [-0.05, 0) is 45.2 Å². The second-order valence-corrected chi connectivity index (χ2v) is 7.65. The average molecular weight is 345 g/mol. The van der Waals surface area contributed by atoms with Gasteiger partial charge in [0, 0.05) is 44.5 Å². The molecule has 3 rings (SSSR count). The van der Waals surface area contributed by atoms with E-state index in [2.05, 4.69) is 49.6 Å². The van der Waals surface area contributed by atoms with Crippen molar-refractivity contribution in [1.29, 1.82) is 0 Å². The molecular formula is C20H31N3O2. The summed E-state index contributed by atoms with van der Waals surface area (Å²) in [6, 6.07) is 4.71. The number of piperazine rings is 1. The van der Waals surface area contributed by atoms with E-state index in [-0.39, 0.29) is 18.6 Å². The Morgan fingerprint density at radius 2 is 1.80 bits per heavy atom. The maximum atomic E-state index is 13.1. The van der Waals surface area contributed by atoms with Gasteiger partial charge in [-0.3, -0.25) is 14.6 Å². The van der Waals surface area contributed by atoms with Crippen molar-refractivity contribution in [3.63, 3.8) is 0 Å². The van der Waals surface area contributed by atoms with E-state index in [0.29, 0.717) is 6.04 Å². The highest BCUT2D eigenvalue weighted by atomic mass is 16.3. The predicted octanol–water partition coefficient (Wildman–Crippen LogP) is 1.72. The summed E-state index contributed by atoms with van der Waals surface area (Å²) < 4.78 is 0. The van der Waals surface area contributed by atoms with Crippen LogP contribution in [0.25, 0.3) is 0 Å². The van der Waals surface area contributed by atoms with Gasteiger partial charge < -0.3 is 10.0 Å². The van der Waals surface area contributed by atoms with E-state index < -0.39 is 0 Å². The first kappa shape index (κ1) is 18.4. The number of benzene rings is 1. The quantitative estimate of drug-likeness (QED) is 0.903. The number of aliphatic hydroxyl groups is 1. The molecule has 0 unspecified atom stereocenters. The van der Waals surface area contributed by atoms with Gasteiger partial charge in [0.1, 0.15) is 0 Å². The van der Waals surface area contributed by atoms with Crippen LogP contribution in [-0.4, -0.2) is 72.2 Å². The van der Waals surface area contributed by atoms with Gasteiger partial charge in [-0.25, -0.2) is 0 Å². The highest BCUT2D eigenvalue weighted by Gasteiger charge is 2.39. The molecule has 0 saturated carbocycles. The maximum absolute atomic E-state index is 13.1. The number of hydrogen-bond donors (Lipinski definition) is 1. The first-order chi connectivity index (χ1) is 11.9. The summed E-state index contributed by atoms with van der Waals surface area (Å²) >= 11 is 0. The number of carbonyl (C=O) groups excluding carboxylic acids is 1. The van der Waals surface area contributed by atoms with Crippen molar-refractivity contribution in [2.24, 2.45) is 0 Å². The van der Waals surface area contributed by atoms with E-state index in [1.54, 1.807) is 0 Å². The van der Waals surface area contributed by atoms with Crippen LogP contribution in [0.2, 0.25) is 0 Å². The molecule has 2 aliphatic heterocycles. The van der Waals surface area contributed by atoms with E-state index in [0.717, 1.165) is 44.8 Å². The SMILES string of the molecule is Cc1cc(C)c(N2CC[C@@H](N3CCN(CCO)[C@H](C)C3)C2=O)c(C)c1. The zero-order chi connectivity index (χ0) is 18.1. The molecule has 0 spiro atoms. The minimum absolute atomic E-state index is 0.00108. The zero-order valence-electron chi connectivity index (χ0n) is 16.0. The molecular weight excluding hydrogens is 314 g/mol. The van der Waals surface area contributed by atoms with Crippen molar-refractivity contribution in [2.75, 3.05) is 44.2 Å². The molecule has 2 heterocycles. The number of nitrogens with zero attached hydrogens (tertiary/aromatic N) is 3. The highest BCUT2D eigenvalue weighted by molar-refractivity contribution is 6.00. The molecule has 0 aliphatic carbocycles. The number of β-amino-alcohol motifs (C(OH)–C–C–N with tert-alkyl or cyclic N) is 1. The smallest absolute Gasteiger partial charge is 0.244 e. The van der Waals surface area contributed by atoms with Gasteiger partial charge in [-0.1, -0.05) is 17.7 Å². The Hall–Kier alpha value is -1.43. The normalized spacial score (nSPS) is 25.8. The number of aliphatic hydroxyl groups excluding tert-OH is 1.